The summed E-state index contributed by atoms with van der Waals surface area (Å²) in [4.78, 5) is 35.0. The lowest BCUT2D eigenvalue weighted by molar-refractivity contribution is -0.147. The van der Waals surface area contributed by atoms with Crippen LogP contribution < -0.4 is 10.6 Å². The van der Waals surface area contributed by atoms with Crippen LogP contribution in [-0.2, 0) is 9.59 Å². The van der Waals surface area contributed by atoms with E-state index in [1.165, 1.54) is 0 Å². The van der Waals surface area contributed by atoms with E-state index in [-0.39, 0.29) is 11.8 Å². The number of anilines is 1. The molecular formula is C16H20N2O4. The summed E-state index contributed by atoms with van der Waals surface area (Å²) in [5.74, 6) is -2.48. The van der Waals surface area contributed by atoms with Gasteiger partial charge in [-0.3, -0.25) is 14.4 Å². The van der Waals surface area contributed by atoms with E-state index in [0.29, 0.717) is 24.1 Å². The molecule has 0 aliphatic heterocycles. The Labute approximate surface area is 128 Å². The lowest BCUT2D eigenvalue weighted by Crippen LogP contribution is -2.36. The van der Waals surface area contributed by atoms with Gasteiger partial charge in [0.2, 0.25) is 5.91 Å². The molecule has 0 radical (unpaired) electrons. The third kappa shape index (κ3) is 3.63. The molecular weight excluding hydrogens is 284 g/mol. The molecule has 22 heavy (non-hydrogen) atoms. The Morgan fingerprint density at radius 1 is 1.05 bits per heavy atom. The summed E-state index contributed by atoms with van der Waals surface area (Å²) in [6, 6.07) is 6.51. The highest BCUT2D eigenvalue weighted by Crippen LogP contribution is 2.31. The first kappa shape index (κ1) is 16.0. The molecule has 6 nitrogen and oxygen atoms in total. The van der Waals surface area contributed by atoms with E-state index in [2.05, 4.69) is 10.6 Å². The van der Waals surface area contributed by atoms with Crippen molar-refractivity contribution in [3.63, 3.8) is 0 Å². The number of carboxylic acid groups (broad SMARTS) is 1. The van der Waals surface area contributed by atoms with Crippen LogP contribution in [0, 0.1) is 11.8 Å². The number of rotatable bonds is 4. The molecule has 0 bridgehead atoms. The minimum Gasteiger partial charge on any atom is -0.481 e. The average Bonchev–Trinajstić information content (AvgIpc) is 2.54. The van der Waals surface area contributed by atoms with Crippen molar-refractivity contribution >= 4 is 23.5 Å². The highest BCUT2D eigenvalue weighted by Gasteiger charge is 2.35. The predicted molar refractivity (Wildman–Crippen MR) is 81.5 cm³/mol. The lowest BCUT2D eigenvalue weighted by atomic mass is 9.78. The Hall–Kier alpha value is -2.37. The maximum absolute atomic E-state index is 12.3. The molecule has 6 heteroatoms. The molecule has 2 atom stereocenters. The van der Waals surface area contributed by atoms with Gasteiger partial charge in [-0.05, 0) is 37.1 Å². The van der Waals surface area contributed by atoms with Crippen molar-refractivity contribution in [1.29, 1.82) is 0 Å². The SMILES string of the molecule is CNC(=O)c1ccc(NC(=O)[C@H]2CCCC[C@@H]2C(=O)O)cc1. The Bertz CT molecular complexity index is 568. The van der Waals surface area contributed by atoms with E-state index >= 15 is 0 Å². The van der Waals surface area contributed by atoms with E-state index in [9.17, 15) is 19.5 Å². The molecule has 0 aromatic heterocycles. The Morgan fingerprint density at radius 2 is 1.64 bits per heavy atom. The van der Waals surface area contributed by atoms with Crippen LogP contribution in [0.15, 0.2) is 24.3 Å². The summed E-state index contributed by atoms with van der Waals surface area (Å²) in [5.41, 5.74) is 1.06. The second kappa shape index (κ2) is 7.06. The number of carbonyl (C=O) groups excluding carboxylic acids is 2. The third-order valence-electron chi connectivity index (χ3n) is 4.06. The molecule has 0 spiro atoms. The van der Waals surface area contributed by atoms with Gasteiger partial charge in [0.1, 0.15) is 0 Å². The van der Waals surface area contributed by atoms with Gasteiger partial charge in [-0.1, -0.05) is 12.8 Å². The van der Waals surface area contributed by atoms with Gasteiger partial charge in [0.15, 0.2) is 0 Å². The molecule has 0 unspecified atom stereocenters. The van der Waals surface area contributed by atoms with Crippen LogP contribution in [0.1, 0.15) is 36.0 Å². The maximum atomic E-state index is 12.3. The highest BCUT2D eigenvalue weighted by molar-refractivity contribution is 5.97. The second-order valence-electron chi connectivity index (χ2n) is 5.48. The average molecular weight is 304 g/mol. The quantitative estimate of drug-likeness (QED) is 0.791. The van der Waals surface area contributed by atoms with E-state index in [4.69, 9.17) is 0 Å². The highest BCUT2D eigenvalue weighted by atomic mass is 16.4. The van der Waals surface area contributed by atoms with Gasteiger partial charge in [0.05, 0.1) is 11.8 Å². The number of carboxylic acids is 1. The van der Waals surface area contributed by atoms with E-state index in [0.717, 1.165) is 12.8 Å². The molecule has 0 saturated heterocycles. The molecule has 3 N–H and O–H groups in total. The largest absolute Gasteiger partial charge is 0.481 e. The number of benzene rings is 1. The normalized spacial score (nSPS) is 21.0. The molecule has 1 fully saturated rings. The molecule has 2 rings (SSSR count). The summed E-state index contributed by atoms with van der Waals surface area (Å²) in [7, 11) is 1.55. The van der Waals surface area contributed by atoms with Crippen LogP contribution in [0.25, 0.3) is 0 Å². The lowest BCUT2D eigenvalue weighted by Gasteiger charge is -2.27. The summed E-state index contributed by atoms with van der Waals surface area (Å²) < 4.78 is 0. The van der Waals surface area contributed by atoms with Crippen molar-refractivity contribution in [3.05, 3.63) is 29.8 Å². The first-order chi connectivity index (χ1) is 10.5. The van der Waals surface area contributed by atoms with Gasteiger partial charge in [-0.25, -0.2) is 0 Å². The monoisotopic (exact) mass is 304 g/mol. The molecule has 1 saturated carbocycles. The van der Waals surface area contributed by atoms with E-state index in [1.807, 2.05) is 0 Å². The van der Waals surface area contributed by atoms with Crippen molar-refractivity contribution < 1.29 is 19.5 Å². The van der Waals surface area contributed by atoms with Gasteiger partial charge < -0.3 is 15.7 Å². The van der Waals surface area contributed by atoms with Crippen molar-refractivity contribution in [2.45, 2.75) is 25.7 Å². The van der Waals surface area contributed by atoms with Crippen molar-refractivity contribution in [1.82, 2.24) is 5.32 Å². The summed E-state index contributed by atoms with van der Waals surface area (Å²) in [5, 5.41) is 14.5. The van der Waals surface area contributed by atoms with Crippen molar-refractivity contribution in [3.8, 4) is 0 Å². The second-order valence-corrected chi connectivity index (χ2v) is 5.48. The Morgan fingerprint density at radius 3 is 2.18 bits per heavy atom. The molecule has 1 aromatic rings. The zero-order valence-corrected chi connectivity index (χ0v) is 12.5. The molecule has 2 amide bonds. The van der Waals surface area contributed by atoms with Gasteiger partial charge in [-0.2, -0.15) is 0 Å². The van der Waals surface area contributed by atoms with E-state index < -0.39 is 17.8 Å². The zero-order chi connectivity index (χ0) is 16.1. The fourth-order valence-corrected chi connectivity index (χ4v) is 2.82. The van der Waals surface area contributed by atoms with Gasteiger partial charge in [0, 0.05) is 18.3 Å². The number of amides is 2. The number of aliphatic carboxylic acids is 1. The van der Waals surface area contributed by atoms with Crippen molar-refractivity contribution in [2.24, 2.45) is 11.8 Å². The summed E-state index contributed by atoms with van der Waals surface area (Å²) in [6.07, 6.45) is 2.86. The van der Waals surface area contributed by atoms with Gasteiger partial charge >= 0.3 is 5.97 Å². The summed E-state index contributed by atoms with van der Waals surface area (Å²) in [6.45, 7) is 0. The molecule has 1 aliphatic rings. The number of hydrogen-bond donors (Lipinski definition) is 3. The van der Waals surface area contributed by atoms with Crippen LogP contribution in [0.3, 0.4) is 0 Å². The Kier molecular flexibility index (Phi) is 5.14. The van der Waals surface area contributed by atoms with Crippen molar-refractivity contribution in [2.75, 3.05) is 12.4 Å². The van der Waals surface area contributed by atoms with Gasteiger partial charge in [0.25, 0.3) is 5.91 Å². The fraction of sp³-hybridized carbons (Fsp3) is 0.438. The number of carbonyl (C=O) groups is 3. The first-order valence-corrected chi connectivity index (χ1v) is 7.38. The van der Waals surface area contributed by atoms with Crippen LogP contribution >= 0.6 is 0 Å². The minimum atomic E-state index is -0.908. The molecule has 1 aliphatic carbocycles. The molecule has 118 valence electrons. The van der Waals surface area contributed by atoms with Crippen LogP contribution in [0.4, 0.5) is 5.69 Å². The number of nitrogens with one attached hydrogen (secondary N) is 2. The zero-order valence-electron chi connectivity index (χ0n) is 12.5. The minimum absolute atomic E-state index is 0.198. The third-order valence-corrected chi connectivity index (χ3v) is 4.06. The summed E-state index contributed by atoms with van der Waals surface area (Å²) >= 11 is 0. The maximum Gasteiger partial charge on any atom is 0.307 e. The number of hydrogen-bond acceptors (Lipinski definition) is 3. The van der Waals surface area contributed by atoms with Crippen LogP contribution in [0.5, 0.6) is 0 Å². The first-order valence-electron chi connectivity index (χ1n) is 7.38. The smallest absolute Gasteiger partial charge is 0.307 e. The molecule has 1 aromatic carbocycles. The standard InChI is InChI=1S/C16H20N2O4/c1-17-14(19)10-6-8-11(9-7-10)18-15(20)12-4-2-3-5-13(12)16(21)22/h6-9,12-13H,2-5H2,1H3,(H,17,19)(H,18,20)(H,21,22)/t12-,13-/m0/s1. The van der Waals surface area contributed by atoms with E-state index in [1.54, 1.807) is 31.3 Å². The molecule has 0 heterocycles. The van der Waals surface area contributed by atoms with Crippen LogP contribution in [-0.4, -0.2) is 29.9 Å². The van der Waals surface area contributed by atoms with Crippen LogP contribution in [0.2, 0.25) is 0 Å². The Balaban J connectivity index is 2.04. The predicted octanol–water partition coefficient (Wildman–Crippen LogP) is 1.88. The fourth-order valence-electron chi connectivity index (χ4n) is 2.82. The topological polar surface area (TPSA) is 95.5 Å². The van der Waals surface area contributed by atoms with Gasteiger partial charge in [-0.15, -0.1) is 0 Å².